The minimum absolute atomic E-state index is 0.0770. The molecule has 2 nitrogen and oxygen atoms in total. The van der Waals surface area contributed by atoms with Crippen LogP contribution < -0.4 is 4.74 Å². The van der Waals surface area contributed by atoms with Crippen molar-refractivity contribution in [2.45, 2.75) is 31.8 Å². The van der Waals surface area contributed by atoms with E-state index in [9.17, 15) is 9.18 Å². The molecule has 1 spiro atoms. The quantitative estimate of drug-likeness (QED) is 0.672. The zero-order valence-electron chi connectivity index (χ0n) is 9.13. The van der Waals surface area contributed by atoms with Crippen LogP contribution in [0.15, 0.2) is 18.2 Å². The highest BCUT2D eigenvalue weighted by atomic mass is 19.1. The molecule has 1 aliphatic heterocycles. The van der Waals surface area contributed by atoms with E-state index in [1.165, 1.54) is 18.2 Å². The molecule has 84 valence electrons. The van der Waals surface area contributed by atoms with Crippen LogP contribution >= 0.6 is 0 Å². The van der Waals surface area contributed by atoms with Gasteiger partial charge in [-0.15, -0.1) is 0 Å². The summed E-state index contributed by atoms with van der Waals surface area (Å²) in [5.74, 6) is 0.746. The SMILES string of the molecule is CC1CC2(CC(=O)c3ccc(F)cc3O2)C1. The molecule has 0 unspecified atom stereocenters. The van der Waals surface area contributed by atoms with Crippen LogP contribution in [0.2, 0.25) is 0 Å². The highest BCUT2D eigenvalue weighted by Gasteiger charge is 2.48. The fourth-order valence-corrected chi connectivity index (χ4v) is 2.91. The molecule has 0 radical (unpaired) electrons. The molecule has 1 heterocycles. The minimum Gasteiger partial charge on any atom is -0.486 e. The molecular formula is C13H13FO2. The van der Waals surface area contributed by atoms with Gasteiger partial charge in [-0.25, -0.2) is 4.39 Å². The van der Waals surface area contributed by atoms with E-state index >= 15 is 0 Å². The summed E-state index contributed by atoms with van der Waals surface area (Å²) >= 11 is 0. The van der Waals surface area contributed by atoms with Gasteiger partial charge in [0.25, 0.3) is 0 Å². The fraction of sp³-hybridized carbons (Fsp3) is 0.462. The number of fused-ring (bicyclic) bond motifs is 1. The van der Waals surface area contributed by atoms with Crippen LogP contribution in [0.25, 0.3) is 0 Å². The molecule has 0 amide bonds. The fourth-order valence-electron chi connectivity index (χ4n) is 2.91. The summed E-state index contributed by atoms with van der Waals surface area (Å²) in [4.78, 5) is 11.9. The maximum atomic E-state index is 13.1. The highest BCUT2D eigenvalue weighted by Crippen LogP contribution is 2.47. The number of hydrogen-bond acceptors (Lipinski definition) is 2. The predicted molar refractivity (Wildman–Crippen MR) is 57.1 cm³/mol. The molecule has 0 bridgehead atoms. The first-order chi connectivity index (χ1) is 7.58. The van der Waals surface area contributed by atoms with Crippen molar-refractivity contribution in [1.29, 1.82) is 0 Å². The van der Waals surface area contributed by atoms with Gasteiger partial charge in [0, 0.05) is 6.07 Å². The number of Topliss-reactive ketones (excluding diaryl/α,β-unsaturated/α-hetero) is 1. The lowest BCUT2D eigenvalue weighted by Crippen LogP contribution is -2.51. The molecule has 0 aromatic heterocycles. The maximum Gasteiger partial charge on any atom is 0.170 e. The number of benzene rings is 1. The summed E-state index contributed by atoms with van der Waals surface area (Å²) < 4.78 is 18.9. The number of rotatable bonds is 0. The first-order valence-electron chi connectivity index (χ1n) is 5.60. The van der Waals surface area contributed by atoms with Crippen molar-refractivity contribution in [1.82, 2.24) is 0 Å². The molecule has 1 aliphatic carbocycles. The van der Waals surface area contributed by atoms with E-state index < -0.39 is 0 Å². The summed E-state index contributed by atoms with van der Waals surface area (Å²) in [6.07, 6.45) is 2.24. The smallest absolute Gasteiger partial charge is 0.170 e. The minimum atomic E-state index is -0.351. The Morgan fingerprint density at radius 3 is 2.88 bits per heavy atom. The Bertz CT molecular complexity index is 461. The summed E-state index contributed by atoms with van der Waals surface area (Å²) in [6.45, 7) is 2.14. The Labute approximate surface area is 93.4 Å². The lowest BCUT2D eigenvalue weighted by atomic mass is 9.68. The van der Waals surface area contributed by atoms with Gasteiger partial charge in [0.15, 0.2) is 5.78 Å². The van der Waals surface area contributed by atoms with Gasteiger partial charge < -0.3 is 4.74 Å². The zero-order valence-corrected chi connectivity index (χ0v) is 9.13. The second kappa shape index (κ2) is 3.06. The topological polar surface area (TPSA) is 26.3 Å². The van der Waals surface area contributed by atoms with Gasteiger partial charge >= 0.3 is 0 Å². The van der Waals surface area contributed by atoms with Crippen LogP contribution in [0, 0.1) is 11.7 Å². The number of ether oxygens (including phenoxy) is 1. The summed E-state index contributed by atoms with van der Waals surface area (Å²) in [5, 5.41) is 0. The third-order valence-corrected chi connectivity index (χ3v) is 3.49. The number of ketones is 1. The van der Waals surface area contributed by atoms with Crippen LogP contribution in [0.4, 0.5) is 4.39 Å². The summed E-state index contributed by atoms with van der Waals surface area (Å²) in [7, 11) is 0. The Kier molecular flexibility index (Phi) is 1.88. The van der Waals surface area contributed by atoms with Gasteiger partial charge in [-0.1, -0.05) is 6.92 Å². The van der Waals surface area contributed by atoms with E-state index in [4.69, 9.17) is 4.74 Å². The molecule has 0 N–H and O–H groups in total. The van der Waals surface area contributed by atoms with E-state index in [0.717, 1.165) is 12.8 Å². The van der Waals surface area contributed by atoms with E-state index in [0.29, 0.717) is 23.7 Å². The Morgan fingerprint density at radius 2 is 2.19 bits per heavy atom. The van der Waals surface area contributed by atoms with Gasteiger partial charge in [0.05, 0.1) is 12.0 Å². The first-order valence-corrected chi connectivity index (χ1v) is 5.60. The molecule has 3 rings (SSSR count). The van der Waals surface area contributed by atoms with E-state index in [2.05, 4.69) is 6.92 Å². The average molecular weight is 220 g/mol. The van der Waals surface area contributed by atoms with Gasteiger partial charge in [-0.3, -0.25) is 4.79 Å². The lowest BCUT2D eigenvalue weighted by molar-refractivity contribution is -0.0502. The van der Waals surface area contributed by atoms with Crippen LogP contribution in [0.5, 0.6) is 5.75 Å². The average Bonchev–Trinajstić information content (AvgIpc) is 2.14. The van der Waals surface area contributed by atoms with Gasteiger partial charge in [-0.2, -0.15) is 0 Å². The molecule has 1 saturated carbocycles. The maximum absolute atomic E-state index is 13.1. The summed E-state index contributed by atoms with van der Waals surface area (Å²) in [6, 6.07) is 4.14. The van der Waals surface area contributed by atoms with Crippen LogP contribution in [-0.2, 0) is 0 Å². The Balaban J connectivity index is 1.98. The second-order valence-corrected chi connectivity index (χ2v) is 5.04. The van der Waals surface area contributed by atoms with Crippen molar-refractivity contribution in [2.75, 3.05) is 0 Å². The third kappa shape index (κ3) is 1.34. The van der Waals surface area contributed by atoms with Crippen LogP contribution in [0.1, 0.15) is 36.5 Å². The highest BCUT2D eigenvalue weighted by molar-refractivity contribution is 6.00. The molecule has 0 saturated heterocycles. The van der Waals surface area contributed by atoms with Crippen molar-refractivity contribution in [3.05, 3.63) is 29.6 Å². The second-order valence-electron chi connectivity index (χ2n) is 5.04. The molecule has 1 aromatic rings. The largest absolute Gasteiger partial charge is 0.486 e. The zero-order chi connectivity index (χ0) is 11.3. The van der Waals surface area contributed by atoms with Crippen molar-refractivity contribution in [3.8, 4) is 5.75 Å². The number of hydrogen-bond donors (Lipinski definition) is 0. The summed E-state index contributed by atoms with van der Waals surface area (Å²) in [5.41, 5.74) is 0.184. The van der Waals surface area contributed by atoms with Crippen molar-refractivity contribution in [2.24, 2.45) is 5.92 Å². The van der Waals surface area contributed by atoms with Crippen molar-refractivity contribution < 1.29 is 13.9 Å². The molecule has 2 aliphatic rings. The molecule has 3 heteroatoms. The molecule has 16 heavy (non-hydrogen) atoms. The lowest BCUT2D eigenvalue weighted by Gasteiger charge is -2.48. The van der Waals surface area contributed by atoms with Gasteiger partial charge in [-0.05, 0) is 30.9 Å². The predicted octanol–water partition coefficient (Wildman–Crippen LogP) is 2.96. The molecule has 0 atom stereocenters. The normalized spacial score (nSPS) is 31.9. The van der Waals surface area contributed by atoms with Crippen LogP contribution in [-0.4, -0.2) is 11.4 Å². The Hall–Kier alpha value is -1.38. The van der Waals surface area contributed by atoms with E-state index in [1.807, 2.05) is 0 Å². The standard InChI is InChI=1S/C13H13FO2/c1-8-5-13(6-8)7-11(15)10-3-2-9(14)4-12(10)16-13/h2-4,8H,5-7H2,1H3. The van der Waals surface area contributed by atoms with Crippen molar-refractivity contribution >= 4 is 5.78 Å². The number of carbonyl (C=O) groups excluding carboxylic acids is 1. The Morgan fingerprint density at radius 1 is 1.44 bits per heavy atom. The monoisotopic (exact) mass is 220 g/mol. The first kappa shape index (κ1) is 9.82. The number of halogens is 1. The molecule has 1 fully saturated rings. The van der Waals surface area contributed by atoms with Gasteiger partial charge in [0.2, 0.25) is 0 Å². The van der Waals surface area contributed by atoms with Crippen molar-refractivity contribution in [3.63, 3.8) is 0 Å². The van der Waals surface area contributed by atoms with E-state index in [-0.39, 0.29) is 17.2 Å². The molecule has 1 aromatic carbocycles. The molecular weight excluding hydrogens is 207 g/mol. The third-order valence-electron chi connectivity index (χ3n) is 3.49. The van der Waals surface area contributed by atoms with Gasteiger partial charge in [0.1, 0.15) is 17.2 Å². The number of carbonyl (C=O) groups is 1. The van der Waals surface area contributed by atoms with E-state index in [1.54, 1.807) is 0 Å². The van der Waals surface area contributed by atoms with Crippen LogP contribution in [0.3, 0.4) is 0 Å².